The van der Waals surface area contributed by atoms with Crippen molar-refractivity contribution >= 4 is 17.4 Å². The summed E-state index contributed by atoms with van der Waals surface area (Å²) in [5.74, 6) is -0.0964. The van der Waals surface area contributed by atoms with E-state index in [0.29, 0.717) is 18.0 Å². The van der Waals surface area contributed by atoms with Gasteiger partial charge in [-0.3, -0.25) is 9.59 Å². The third-order valence-electron chi connectivity index (χ3n) is 4.08. The van der Waals surface area contributed by atoms with Crippen LogP contribution in [-0.2, 0) is 4.79 Å². The molecule has 1 amide bonds. The summed E-state index contributed by atoms with van der Waals surface area (Å²) in [5, 5.41) is 0. The van der Waals surface area contributed by atoms with Gasteiger partial charge in [-0.05, 0) is 49.8 Å². The molecule has 1 aromatic carbocycles. The second-order valence-corrected chi connectivity index (χ2v) is 5.52. The van der Waals surface area contributed by atoms with Crippen LogP contribution in [0.25, 0.3) is 0 Å². The summed E-state index contributed by atoms with van der Waals surface area (Å²) in [4.78, 5) is 25.8. The Morgan fingerprint density at radius 3 is 2.56 bits per heavy atom. The largest absolute Gasteiger partial charge is 0.304 e. The maximum atomic E-state index is 12.1. The third kappa shape index (κ3) is 1.57. The van der Waals surface area contributed by atoms with Gasteiger partial charge in [-0.15, -0.1) is 0 Å². The molecule has 0 unspecified atom stereocenters. The molecule has 1 saturated carbocycles. The Hall–Kier alpha value is -1.64. The molecule has 0 bridgehead atoms. The number of fused-ring (bicyclic) bond motifs is 1. The Bertz CT molecular complexity index is 544. The Morgan fingerprint density at radius 2 is 1.94 bits per heavy atom. The zero-order valence-corrected chi connectivity index (χ0v) is 10.8. The minimum Gasteiger partial charge on any atom is -0.304 e. The normalized spacial score (nSPS) is 19.1. The molecule has 1 aliphatic heterocycles. The molecular weight excluding hydrogens is 226 g/mol. The standard InChI is InChI=1S/C15H17NO2/c1-9-6-10(2)13-12(7-9)16(15(18)14(13)17)8-11-4-3-5-11/h6-7,11H,3-5,8H2,1-2H3. The van der Waals surface area contributed by atoms with Crippen LogP contribution in [0.3, 0.4) is 0 Å². The highest BCUT2D eigenvalue weighted by molar-refractivity contribution is 6.52. The lowest BCUT2D eigenvalue weighted by Crippen LogP contribution is -2.36. The van der Waals surface area contributed by atoms with E-state index in [2.05, 4.69) is 0 Å². The quantitative estimate of drug-likeness (QED) is 0.749. The van der Waals surface area contributed by atoms with Gasteiger partial charge in [0.2, 0.25) is 0 Å². The van der Waals surface area contributed by atoms with E-state index in [1.54, 1.807) is 4.90 Å². The predicted octanol–water partition coefficient (Wildman–Crippen LogP) is 2.63. The van der Waals surface area contributed by atoms with Crippen molar-refractivity contribution in [1.82, 2.24) is 0 Å². The van der Waals surface area contributed by atoms with E-state index in [-0.39, 0.29) is 11.7 Å². The Balaban J connectivity index is 2.02. The van der Waals surface area contributed by atoms with Crippen molar-refractivity contribution in [3.05, 3.63) is 28.8 Å². The number of hydrogen-bond acceptors (Lipinski definition) is 2. The maximum Gasteiger partial charge on any atom is 0.299 e. The number of rotatable bonds is 2. The van der Waals surface area contributed by atoms with E-state index >= 15 is 0 Å². The molecular formula is C15H17NO2. The summed E-state index contributed by atoms with van der Waals surface area (Å²) in [7, 11) is 0. The van der Waals surface area contributed by atoms with Gasteiger partial charge in [-0.1, -0.05) is 12.5 Å². The molecule has 1 heterocycles. The lowest BCUT2D eigenvalue weighted by molar-refractivity contribution is -0.114. The summed E-state index contributed by atoms with van der Waals surface area (Å²) in [6.45, 7) is 4.62. The van der Waals surface area contributed by atoms with E-state index in [0.717, 1.165) is 16.8 Å². The Kier molecular flexibility index (Phi) is 2.51. The second-order valence-electron chi connectivity index (χ2n) is 5.52. The van der Waals surface area contributed by atoms with Gasteiger partial charge in [0.1, 0.15) is 0 Å². The third-order valence-corrected chi connectivity index (χ3v) is 4.08. The Labute approximate surface area is 107 Å². The number of nitrogens with zero attached hydrogens (tertiary/aromatic N) is 1. The highest BCUT2D eigenvalue weighted by atomic mass is 16.2. The maximum absolute atomic E-state index is 12.1. The molecule has 1 aromatic rings. The van der Waals surface area contributed by atoms with Crippen molar-refractivity contribution in [3.63, 3.8) is 0 Å². The first-order valence-electron chi connectivity index (χ1n) is 6.55. The van der Waals surface area contributed by atoms with Crippen molar-refractivity contribution in [1.29, 1.82) is 0 Å². The van der Waals surface area contributed by atoms with E-state index in [1.807, 2.05) is 26.0 Å². The van der Waals surface area contributed by atoms with Gasteiger partial charge < -0.3 is 4.90 Å². The summed E-state index contributed by atoms with van der Waals surface area (Å²) in [6, 6.07) is 3.93. The number of carbonyl (C=O) groups is 2. The van der Waals surface area contributed by atoms with Crippen LogP contribution in [0, 0.1) is 19.8 Å². The number of carbonyl (C=O) groups excluding carboxylic acids is 2. The van der Waals surface area contributed by atoms with Gasteiger partial charge in [0.15, 0.2) is 0 Å². The zero-order valence-electron chi connectivity index (χ0n) is 10.8. The number of Topliss-reactive ketones (excluding diaryl/α,β-unsaturated/α-hetero) is 1. The molecule has 1 fully saturated rings. The molecule has 3 rings (SSSR count). The molecule has 0 saturated heterocycles. The van der Waals surface area contributed by atoms with Crippen molar-refractivity contribution in [2.45, 2.75) is 33.1 Å². The van der Waals surface area contributed by atoms with Crippen molar-refractivity contribution in [2.75, 3.05) is 11.4 Å². The van der Waals surface area contributed by atoms with Crippen molar-refractivity contribution in [2.24, 2.45) is 5.92 Å². The SMILES string of the molecule is Cc1cc(C)c2c(c1)N(CC1CCC1)C(=O)C2=O. The molecule has 1 aliphatic carbocycles. The minimum absolute atomic E-state index is 0.332. The molecule has 0 radical (unpaired) electrons. The number of ketones is 1. The lowest BCUT2D eigenvalue weighted by Gasteiger charge is -2.30. The number of amides is 1. The van der Waals surface area contributed by atoms with E-state index < -0.39 is 0 Å². The van der Waals surface area contributed by atoms with Crippen LogP contribution >= 0.6 is 0 Å². The van der Waals surface area contributed by atoms with Crippen molar-refractivity contribution in [3.8, 4) is 0 Å². The predicted molar refractivity (Wildman–Crippen MR) is 69.9 cm³/mol. The molecule has 0 spiro atoms. The van der Waals surface area contributed by atoms with Gasteiger partial charge in [-0.2, -0.15) is 0 Å². The number of hydrogen-bond donors (Lipinski definition) is 0. The number of anilines is 1. The molecule has 0 atom stereocenters. The van der Waals surface area contributed by atoms with Crippen LogP contribution in [-0.4, -0.2) is 18.2 Å². The first-order chi connectivity index (χ1) is 8.58. The smallest absolute Gasteiger partial charge is 0.299 e. The topological polar surface area (TPSA) is 37.4 Å². The van der Waals surface area contributed by atoms with Crippen molar-refractivity contribution < 1.29 is 9.59 Å². The van der Waals surface area contributed by atoms with Crippen LogP contribution < -0.4 is 4.90 Å². The molecule has 3 nitrogen and oxygen atoms in total. The molecule has 94 valence electrons. The molecule has 2 aliphatic rings. The van der Waals surface area contributed by atoms with Gasteiger partial charge >= 0.3 is 0 Å². The summed E-state index contributed by atoms with van der Waals surface area (Å²) in [6.07, 6.45) is 3.61. The summed E-state index contributed by atoms with van der Waals surface area (Å²) < 4.78 is 0. The minimum atomic E-state index is -0.342. The molecule has 18 heavy (non-hydrogen) atoms. The van der Waals surface area contributed by atoms with Gasteiger partial charge in [0.05, 0.1) is 11.3 Å². The Morgan fingerprint density at radius 1 is 1.22 bits per heavy atom. The van der Waals surface area contributed by atoms with Crippen LogP contribution in [0.15, 0.2) is 12.1 Å². The fourth-order valence-corrected chi connectivity index (χ4v) is 2.91. The number of benzene rings is 1. The fourth-order valence-electron chi connectivity index (χ4n) is 2.91. The first kappa shape index (κ1) is 11.5. The first-order valence-corrected chi connectivity index (χ1v) is 6.55. The van der Waals surface area contributed by atoms with Crippen LogP contribution in [0.2, 0.25) is 0 Å². The monoisotopic (exact) mass is 243 g/mol. The summed E-state index contributed by atoms with van der Waals surface area (Å²) in [5.41, 5.74) is 3.46. The van der Waals surface area contributed by atoms with Crippen LogP contribution in [0.4, 0.5) is 5.69 Å². The van der Waals surface area contributed by atoms with E-state index in [1.165, 1.54) is 19.3 Å². The second kappa shape index (κ2) is 3.94. The highest BCUT2D eigenvalue weighted by Gasteiger charge is 2.38. The van der Waals surface area contributed by atoms with Crippen LogP contribution in [0.5, 0.6) is 0 Å². The summed E-state index contributed by atoms with van der Waals surface area (Å²) >= 11 is 0. The zero-order chi connectivity index (χ0) is 12.9. The average molecular weight is 243 g/mol. The highest BCUT2D eigenvalue weighted by Crippen LogP contribution is 2.36. The fraction of sp³-hybridized carbons (Fsp3) is 0.467. The van der Waals surface area contributed by atoms with Gasteiger partial charge in [0, 0.05) is 6.54 Å². The van der Waals surface area contributed by atoms with E-state index in [4.69, 9.17) is 0 Å². The number of aryl methyl sites for hydroxylation is 2. The molecule has 3 heteroatoms. The van der Waals surface area contributed by atoms with Gasteiger partial charge in [-0.25, -0.2) is 0 Å². The van der Waals surface area contributed by atoms with E-state index in [9.17, 15) is 9.59 Å². The van der Waals surface area contributed by atoms with Crippen LogP contribution in [0.1, 0.15) is 40.7 Å². The average Bonchev–Trinajstić information content (AvgIpc) is 2.47. The van der Waals surface area contributed by atoms with Gasteiger partial charge in [0.25, 0.3) is 11.7 Å². The lowest BCUT2D eigenvalue weighted by atomic mass is 9.85. The molecule has 0 N–H and O–H groups in total. The molecule has 0 aromatic heterocycles.